The van der Waals surface area contributed by atoms with Gasteiger partial charge in [-0.2, -0.15) is 8.42 Å². The Kier molecular flexibility index (Phi) is 14.8. The molecule has 24 heavy (non-hydrogen) atoms. The van der Waals surface area contributed by atoms with E-state index in [1.165, 1.54) is 57.8 Å². The monoisotopic (exact) mass is 380 g/mol. The molecule has 3 nitrogen and oxygen atoms in total. The number of hydrogen-bond donors (Lipinski definition) is 1. The van der Waals surface area contributed by atoms with E-state index in [4.69, 9.17) is 4.55 Å². The Morgan fingerprint density at radius 2 is 1.25 bits per heavy atom. The van der Waals surface area contributed by atoms with Crippen LogP contribution in [0.3, 0.4) is 0 Å². The van der Waals surface area contributed by atoms with Crippen molar-refractivity contribution in [3.8, 4) is 0 Å². The van der Waals surface area contributed by atoms with Gasteiger partial charge in [0.25, 0.3) is 10.1 Å². The molecule has 0 fully saturated rings. The van der Waals surface area contributed by atoms with Crippen molar-refractivity contribution in [2.45, 2.75) is 83.3 Å². The quantitative estimate of drug-likeness (QED) is 0.292. The molecule has 0 amide bonds. The molecule has 0 radical (unpaired) electrons. The third kappa shape index (κ3) is 12.7. The van der Waals surface area contributed by atoms with E-state index in [1.807, 2.05) is 18.2 Å². The fourth-order valence-electron chi connectivity index (χ4n) is 2.94. The largest absolute Gasteiger partial charge is 2.00 e. The maximum Gasteiger partial charge on any atom is 2.00 e. The third-order valence-corrected chi connectivity index (χ3v) is 4.93. The van der Waals surface area contributed by atoms with Crippen LogP contribution in [0.5, 0.6) is 0 Å². The molecule has 0 aliphatic heterocycles. The standard InChI is InChI=1S/C19H32O3S.Ca/c1-2-3-4-5-6-7-8-9-10-11-14-18-15-12-13-16-19(18)17-23(20,21)22;/h12-13,15-16H,2-11,14,17H2,1H3,(H,20,21,22);/q;+2. The topological polar surface area (TPSA) is 54.4 Å². The molecule has 1 N–H and O–H groups in total. The summed E-state index contributed by atoms with van der Waals surface area (Å²) in [5.74, 6) is -0.277. The predicted octanol–water partition coefficient (Wildman–Crippen LogP) is 5.16. The van der Waals surface area contributed by atoms with Crippen LogP contribution in [0.25, 0.3) is 0 Å². The summed E-state index contributed by atoms with van der Waals surface area (Å²) >= 11 is 0. The molecule has 0 unspecified atom stereocenters. The van der Waals surface area contributed by atoms with Crippen LogP contribution >= 0.6 is 0 Å². The van der Waals surface area contributed by atoms with Crippen molar-refractivity contribution in [3.63, 3.8) is 0 Å². The number of benzene rings is 1. The van der Waals surface area contributed by atoms with Gasteiger partial charge in [-0.3, -0.25) is 4.55 Å². The van der Waals surface area contributed by atoms with Gasteiger partial charge in [0.1, 0.15) is 5.75 Å². The molecule has 0 aromatic heterocycles. The van der Waals surface area contributed by atoms with E-state index < -0.39 is 10.1 Å². The van der Waals surface area contributed by atoms with Gasteiger partial charge in [0, 0.05) is 0 Å². The summed E-state index contributed by atoms with van der Waals surface area (Å²) < 4.78 is 31.1. The third-order valence-electron chi connectivity index (χ3n) is 4.26. The van der Waals surface area contributed by atoms with E-state index in [-0.39, 0.29) is 43.5 Å². The van der Waals surface area contributed by atoms with Crippen LogP contribution in [0.4, 0.5) is 0 Å². The second-order valence-corrected chi connectivity index (χ2v) is 7.88. The molecule has 1 aromatic rings. The van der Waals surface area contributed by atoms with Crippen LogP contribution in [0.1, 0.15) is 82.3 Å². The van der Waals surface area contributed by atoms with Gasteiger partial charge in [-0.15, -0.1) is 0 Å². The Morgan fingerprint density at radius 1 is 0.792 bits per heavy atom. The SMILES string of the molecule is CCCCCCCCCCCCc1ccccc1CS(=O)(=O)O.[Ca+2]. The van der Waals surface area contributed by atoms with Crippen molar-refractivity contribution in [2.75, 3.05) is 0 Å². The van der Waals surface area contributed by atoms with Crippen molar-refractivity contribution in [3.05, 3.63) is 35.4 Å². The normalized spacial score (nSPS) is 11.2. The van der Waals surface area contributed by atoms with Crippen LogP contribution in [-0.4, -0.2) is 50.7 Å². The minimum absolute atomic E-state index is 0. The van der Waals surface area contributed by atoms with Crippen molar-refractivity contribution in [1.29, 1.82) is 0 Å². The van der Waals surface area contributed by atoms with E-state index in [9.17, 15) is 8.42 Å². The maximum absolute atomic E-state index is 11.1. The number of hydrogen-bond acceptors (Lipinski definition) is 2. The number of unbranched alkanes of at least 4 members (excludes halogenated alkanes) is 9. The van der Waals surface area contributed by atoms with Crippen molar-refractivity contribution >= 4 is 47.9 Å². The Labute approximate surface area is 178 Å². The fraction of sp³-hybridized carbons (Fsp3) is 0.684. The molecule has 1 aromatic carbocycles. The first-order valence-corrected chi connectivity index (χ1v) is 10.7. The van der Waals surface area contributed by atoms with Gasteiger partial charge >= 0.3 is 37.7 Å². The van der Waals surface area contributed by atoms with Crippen molar-refractivity contribution in [1.82, 2.24) is 0 Å². The molecule has 0 saturated heterocycles. The molecular weight excluding hydrogens is 348 g/mol. The molecule has 0 aliphatic rings. The summed E-state index contributed by atoms with van der Waals surface area (Å²) in [6, 6.07) is 7.51. The Balaban J connectivity index is 0.00000529. The number of rotatable bonds is 13. The molecular formula is C19H32CaO3S+2. The zero-order valence-corrected chi connectivity index (χ0v) is 18.2. The summed E-state index contributed by atoms with van der Waals surface area (Å²) in [6.07, 6.45) is 13.8. The molecule has 132 valence electrons. The van der Waals surface area contributed by atoms with Gasteiger partial charge in [-0.1, -0.05) is 89.0 Å². The minimum Gasteiger partial charge on any atom is -0.285 e. The van der Waals surface area contributed by atoms with E-state index in [1.54, 1.807) is 6.07 Å². The Hall–Kier alpha value is 0.390. The zero-order chi connectivity index (χ0) is 17.0. The van der Waals surface area contributed by atoms with Crippen LogP contribution in [0.2, 0.25) is 0 Å². The first-order valence-electron chi connectivity index (χ1n) is 9.05. The summed E-state index contributed by atoms with van der Waals surface area (Å²) in [5, 5.41) is 0. The van der Waals surface area contributed by atoms with E-state index in [2.05, 4.69) is 6.92 Å². The predicted molar refractivity (Wildman–Crippen MR) is 103 cm³/mol. The van der Waals surface area contributed by atoms with Crippen LogP contribution in [0, 0.1) is 0 Å². The minimum atomic E-state index is -3.95. The molecule has 0 bridgehead atoms. The van der Waals surface area contributed by atoms with Gasteiger partial charge in [0.05, 0.1) is 0 Å². The maximum atomic E-state index is 11.1. The summed E-state index contributed by atoms with van der Waals surface area (Å²) in [7, 11) is -3.95. The van der Waals surface area contributed by atoms with E-state index in [0.717, 1.165) is 24.0 Å². The van der Waals surface area contributed by atoms with Crippen LogP contribution in [0.15, 0.2) is 24.3 Å². The Bertz CT molecular complexity index is 529. The van der Waals surface area contributed by atoms with Gasteiger partial charge in [-0.05, 0) is 24.0 Å². The fourth-order valence-corrected chi connectivity index (χ4v) is 3.62. The number of aryl methyl sites for hydroxylation is 1. The zero-order valence-electron chi connectivity index (χ0n) is 15.2. The van der Waals surface area contributed by atoms with Gasteiger partial charge < -0.3 is 0 Å². The first kappa shape index (κ1) is 24.4. The molecule has 1 rings (SSSR count). The molecule has 0 spiro atoms. The second-order valence-electron chi connectivity index (χ2n) is 6.43. The van der Waals surface area contributed by atoms with Gasteiger partial charge in [0.2, 0.25) is 0 Å². The average Bonchev–Trinajstić information content (AvgIpc) is 2.49. The molecule has 0 aliphatic carbocycles. The van der Waals surface area contributed by atoms with Gasteiger partial charge in [0.15, 0.2) is 0 Å². The van der Waals surface area contributed by atoms with E-state index >= 15 is 0 Å². The van der Waals surface area contributed by atoms with Gasteiger partial charge in [-0.25, -0.2) is 0 Å². The average molecular weight is 381 g/mol. The van der Waals surface area contributed by atoms with Crippen LogP contribution in [-0.2, 0) is 22.3 Å². The van der Waals surface area contributed by atoms with Crippen molar-refractivity contribution < 1.29 is 13.0 Å². The molecule has 0 heterocycles. The molecule has 5 heteroatoms. The molecule has 0 saturated carbocycles. The summed E-state index contributed by atoms with van der Waals surface area (Å²) in [4.78, 5) is 0. The smallest absolute Gasteiger partial charge is 0.285 e. The molecule has 0 atom stereocenters. The summed E-state index contributed by atoms with van der Waals surface area (Å²) in [6.45, 7) is 2.24. The van der Waals surface area contributed by atoms with E-state index in [0.29, 0.717) is 0 Å². The van der Waals surface area contributed by atoms with Crippen LogP contribution < -0.4 is 0 Å². The second kappa shape index (κ2) is 14.5. The summed E-state index contributed by atoms with van der Waals surface area (Å²) in [5.41, 5.74) is 1.77. The Morgan fingerprint density at radius 3 is 1.75 bits per heavy atom. The first-order chi connectivity index (χ1) is 11.0. The van der Waals surface area contributed by atoms with Crippen molar-refractivity contribution in [2.24, 2.45) is 0 Å².